The molecular formula is C15H12FNO2S. The number of halogens is 1. The van der Waals surface area contributed by atoms with Gasteiger partial charge in [0.1, 0.15) is 5.82 Å². The summed E-state index contributed by atoms with van der Waals surface area (Å²) in [5, 5.41) is 2.67. The minimum absolute atomic E-state index is 0.132. The molecule has 2 rings (SSSR count). The number of aldehydes is 1. The van der Waals surface area contributed by atoms with Crippen molar-refractivity contribution in [1.82, 2.24) is 0 Å². The van der Waals surface area contributed by atoms with Gasteiger partial charge in [-0.1, -0.05) is 11.8 Å². The summed E-state index contributed by atoms with van der Waals surface area (Å²) in [5.74, 6) is -0.565. The minimum atomic E-state index is -0.433. The lowest BCUT2D eigenvalue weighted by molar-refractivity contribution is -0.114. The van der Waals surface area contributed by atoms with E-state index < -0.39 is 5.82 Å². The van der Waals surface area contributed by atoms with Crippen molar-refractivity contribution in [3.8, 4) is 0 Å². The second-order valence-electron chi connectivity index (χ2n) is 4.11. The van der Waals surface area contributed by atoms with E-state index in [0.29, 0.717) is 22.4 Å². The number of amides is 1. The van der Waals surface area contributed by atoms with Crippen LogP contribution in [-0.4, -0.2) is 12.2 Å². The first-order valence-corrected chi connectivity index (χ1v) is 6.70. The first kappa shape index (κ1) is 14.3. The van der Waals surface area contributed by atoms with E-state index in [1.54, 1.807) is 18.2 Å². The maximum Gasteiger partial charge on any atom is 0.221 e. The quantitative estimate of drug-likeness (QED) is 0.872. The van der Waals surface area contributed by atoms with Gasteiger partial charge in [-0.15, -0.1) is 0 Å². The van der Waals surface area contributed by atoms with Crippen molar-refractivity contribution in [3.05, 3.63) is 53.8 Å². The van der Waals surface area contributed by atoms with Crippen molar-refractivity contribution in [2.75, 3.05) is 5.32 Å². The van der Waals surface area contributed by atoms with E-state index in [4.69, 9.17) is 0 Å². The Morgan fingerprint density at radius 2 is 1.90 bits per heavy atom. The third-order valence-corrected chi connectivity index (χ3v) is 3.60. The zero-order chi connectivity index (χ0) is 14.5. The average Bonchev–Trinajstić information content (AvgIpc) is 2.42. The normalized spacial score (nSPS) is 10.1. The summed E-state index contributed by atoms with van der Waals surface area (Å²) in [6.45, 7) is 1.44. The Hall–Kier alpha value is -2.14. The third kappa shape index (κ3) is 3.68. The van der Waals surface area contributed by atoms with E-state index in [9.17, 15) is 14.0 Å². The fourth-order valence-electron chi connectivity index (χ4n) is 1.64. The lowest BCUT2D eigenvalue weighted by Gasteiger charge is -2.06. The first-order chi connectivity index (χ1) is 9.58. The summed E-state index contributed by atoms with van der Waals surface area (Å²) < 4.78 is 13.0. The molecule has 0 saturated heterocycles. The molecule has 0 heterocycles. The molecule has 0 aliphatic carbocycles. The molecule has 0 aromatic heterocycles. The van der Waals surface area contributed by atoms with Gasteiger partial charge in [-0.3, -0.25) is 9.59 Å². The number of benzene rings is 2. The van der Waals surface area contributed by atoms with Gasteiger partial charge in [0.2, 0.25) is 5.91 Å². The molecule has 0 radical (unpaired) electrons. The second kappa shape index (κ2) is 6.34. The Kier molecular flexibility index (Phi) is 4.53. The Morgan fingerprint density at radius 3 is 2.50 bits per heavy atom. The predicted octanol–water partition coefficient (Wildman–Crippen LogP) is 3.75. The number of hydrogen-bond acceptors (Lipinski definition) is 3. The van der Waals surface area contributed by atoms with Crippen molar-refractivity contribution in [3.63, 3.8) is 0 Å². The fraction of sp³-hybridized carbons (Fsp3) is 0.0667. The molecule has 1 amide bonds. The van der Waals surface area contributed by atoms with Crippen LogP contribution < -0.4 is 5.32 Å². The summed E-state index contributed by atoms with van der Waals surface area (Å²) in [5.41, 5.74) is 1.03. The molecule has 5 heteroatoms. The number of carbonyl (C=O) groups excluding carboxylic acids is 2. The highest BCUT2D eigenvalue weighted by atomic mass is 32.2. The van der Waals surface area contributed by atoms with Gasteiger partial charge in [-0.05, 0) is 42.5 Å². The van der Waals surface area contributed by atoms with Crippen LogP contribution in [0.3, 0.4) is 0 Å². The van der Waals surface area contributed by atoms with Gasteiger partial charge in [-0.25, -0.2) is 4.39 Å². The van der Waals surface area contributed by atoms with Gasteiger partial charge in [0.05, 0.1) is 0 Å². The number of rotatable bonds is 4. The van der Waals surface area contributed by atoms with E-state index >= 15 is 0 Å². The molecule has 2 aromatic rings. The van der Waals surface area contributed by atoms with Crippen molar-refractivity contribution in [1.29, 1.82) is 0 Å². The van der Waals surface area contributed by atoms with Crippen LogP contribution in [0.1, 0.15) is 17.3 Å². The summed E-state index contributed by atoms with van der Waals surface area (Å²) in [4.78, 5) is 23.4. The number of anilines is 1. The lowest BCUT2D eigenvalue weighted by Crippen LogP contribution is -2.05. The van der Waals surface area contributed by atoms with Gasteiger partial charge in [-0.2, -0.15) is 0 Å². The van der Waals surface area contributed by atoms with Crippen molar-refractivity contribution >= 4 is 29.6 Å². The molecule has 2 aromatic carbocycles. The van der Waals surface area contributed by atoms with E-state index in [1.165, 1.54) is 30.8 Å². The number of hydrogen-bond donors (Lipinski definition) is 1. The van der Waals surface area contributed by atoms with Crippen LogP contribution in [0.15, 0.2) is 52.3 Å². The van der Waals surface area contributed by atoms with E-state index in [-0.39, 0.29) is 5.91 Å². The Labute approximate surface area is 120 Å². The molecule has 0 saturated carbocycles. The summed E-state index contributed by atoms with van der Waals surface area (Å²) in [6.07, 6.45) is 0.636. The number of nitrogens with one attached hydrogen (secondary N) is 1. The molecule has 1 N–H and O–H groups in total. The third-order valence-electron chi connectivity index (χ3n) is 2.50. The van der Waals surface area contributed by atoms with Crippen molar-refractivity contribution in [2.24, 2.45) is 0 Å². The maximum absolute atomic E-state index is 13.0. The molecule has 0 fully saturated rings. The van der Waals surface area contributed by atoms with Crippen molar-refractivity contribution in [2.45, 2.75) is 16.7 Å². The highest BCUT2D eigenvalue weighted by Crippen LogP contribution is 2.31. The molecule has 3 nitrogen and oxygen atoms in total. The molecule has 0 atom stereocenters. The van der Waals surface area contributed by atoms with Crippen LogP contribution in [-0.2, 0) is 4.79 Å². The van der Waals surface area contributed by atoms with Crippen LogP contribution in [0, 0.1) is 5.82 Å². The Morgan fingerprint density at radius 1 is 1.20 bits per heavy atom. The summed E-state index contributed by atoms with van der Waals surface area (Å²) in [7, 11) is 0. The topological polar surface area (TPSA) is 46.2 Å². The Bertz CT molecular complexity index is 641. The molecular weight excluding hydrogens is 277 g/mol. The highest BCUT2D eigenvalue weighted by Gasteiger charge is 2.06. The van der Waals surface area contributed by atoms with Crippen LogP contribution >= 0.6 is 11.8 Å². The molecule has 0 aliphatic heterocycles. The predicted molar refractivity (Wildman–Crippen MR) is 76.7 cm³/mol. The maximum atomic E-state index is 13.0. The van der Waals surface area contributed by atoms with Crippen molar-refractivity contribution < 1.29 is 14.0 Å². The minimum Gasteiger partial charge on any atom is -0.326 e. The van der Waals surface area contributed by atoms with E-state index in [0.717, 1.165) is 4.90 Å². The summed E-state index contributed by atoms with van der Waals surface area (Å²) in [6, 6.07) is 11.3. The van der Waals surface area contributed by atoms with Gasteiger partial charge < -0.3 is 5.32 Å². The monoisotopic (exact) mass is 289 g/mol. The first-order valence-electron chi connectivity index (χ1n) is 5.89. The second-order valence-corrected chi connectivity index (χ2v) is 5.22. The van der Waals surface area contributed by atoms with Crippen LogP contribution in [0.4, 0.5) is 10.1 Å². The van der Waals surface area contributed by atoms with E-state index in [2.05, 4.69) is 5.32 Å². The molecule has 20 heavy (non-hydrogen) atoms. The average molecular weight is 289 g/mol. The van der Waals surface area contributed by atoms with Gasteiger partial charge in [0.15, 0.2) is 6.29 Å². The van der Waals surface area contributed by atoms with Crippen LogP contribution in [0.25, 0.3) is 0 Å². The smallest absolute Gasteiger partial charge is 0.221 e. The number of carbonyl (C=O) groups is 2. The molecule has 0 spiro atoms. The zero-order valence-electron chi connectivity index (χ0n) is 10.7. The summed E-state index contributed by atoms with van der Waals surface area (Å²) >= 11 is 1.36. The zero-order valence-corrected chi connectivity index (χ0v) is 11.5. The molecule has 0 unspecified atom stereocenters. The van der Waals surface area contributed by atoms with Gasteiger partial charge in [0, 0.05) is 28.0 Å². The molecule has 102 valence electrons. The lowest BCUT2D eigenvalue weighted by atomic mass is 10.2. The Balaban J connectivity index is 2.18. The fourth-order valence-corrected chi connectivity index (χ4v) is 2.53. The van der Waals surface area contributed by atoms with E-state index in [1.807, 2.05) is 12.1 Å². The highest BCUT2D eigenvalue weighted by molar-refractivity contribution is 7.99. The van der Waals surface area contributed by atoms with Crippen LogP contribution in [0.5, 0.6) is 0 Å². The largest absolute Gasteiger partial charge is 0.326 e. The van der Waals surface area contributed by atoms with Crippen LogP contribution in [0.2, 0.25) is 0 Å². The standard InChI is InChI=1S/C15H12FNO2S/c1-10(19)17-13-3-5-14(6-4-13)20-15-7-2-12(16)8-11(15)9-18/h2-9H,1H3,(H,17,19). The van der Waals surface area contributed by atoms with Gasteiger partial charge in [0.25, 0.3) is 0 Å². The molecule has 0 bridgehead atoms. The SMILES string of the molecule is CC(=O)Nc1ccc(Sc2ccc(F)cc2C=O)cc1. The molecule has 0 aliphatic rings. The van der Waals surface area contributed by atoms with Gasteiger partial charge >= 0.3 is 0 Å².